The van der Waals surface area contributed by atoms with Crippen molar-refractivity contribution in [3.05, 3.63) is 18.0 Å². The molecule has 3 atom stereocenters. The van der Waals surface area contributed by atoms with E-state index in [2.05, 4.69) is 5.10 Å². The van der Waals surface area contributed by atoms with Gasteiger partial charge in [0, 0.05) is 19.2 Å². The van der Waals surface area contributed by atoms with Crippen LogP contribution in [0, 0.1) is 11.8 Å². The van der Waals surface area contributed by atoms with Crippen molar-refractivity contribution in [2.45, 2.75) is 38.0 Å². The molecule has 0 saturated heterocycles. The summed E-state index contributed by atoms with van der Waals surface area (Å²) in [5.74, 6) is -2.18. The molecular weight excluding hydrogens is 245 g/mol. The Morgan fingerprint density at radius 3 is 2.61 bits per heavy atom. The summed E-state index contributed by atoms with van der Waals surface area (Å²) in [4.78, 5) is 0. The zero-order valence-electron chi connectivity index (χ0n) is 10.2. The lowest BCUT2D eigenvalue weighted by atomic mass is 9.75. The van der Waals surface area contributed by atoms with E-state index >= 15 is 0 Å². The van der Waals surface area contributed by atoms with Crippen molar-refractivity contribution in [1.82, 2.24) is 9.78 Å². The number of hydrogen-bond acceptors (Lipinski definition) is 2. The van der Waals surface area contributed by atoms with E-state index in [1.807, 2.05) is 0 Å². The predicted molar refractivity (Wildman–Crippen MR) is 59.7 cm³/mol. The molecule has 1 heterocycles. The Hall–Kier alpha value is -1.04. The number of aromatic nitrogens is 2. The van der Waals surface area contributed by atoms with E-state index in [-0.39, 0.29) is 6.42 Å². The highest BCUT2D eigenvalue weighted by molar-refractivity contribution is 5.06. The van der Waals surface area contributed by atoms with Crippen LogP contribution in [-0.4, -0.2) is 21.1 Å². The molecule has 0 aliphatic heterocycles. The molecule has 6 heteroatoms. The van der Waals surface area contributed by atoms with Crippen LogP contribution in [0.2, 0.25) is 0 Å². The third-order valence-electron chi connectivity index (χ3n) is 3.68. The van der Waals surface area contributed by atoms with Gasteiger partial charge >= 0.3 is 6.18 Å². The number of hydrogen-bond donors (Lipinski definition) is 1. The molecule has 1 aromatic rings. The highest BCUT2D eigenvalue weighted by Crippen LogP contribution is 2.46. The fraction of sp³-hybridized carbons (Fsp3) is 0.750. The lowest BCUT2D eigenvalue weighted by Crippen LogP contribution is -2.36. The van der Waals surface area contributed by atoms with Crippen molar-refractivity contribution in [2.24, 2.45) is 18.9 Å². The molecule has 1 aromatic heterocycles. The number of nitrogens with zero attached hydrogens (tertiary/aromatic N) is 2. The minimum Gasteiger partial charge on any atom is -0.386 e. The van der Waals surface area contributed by atoms with E-state index in [0.29, 0.717) is 18.5 Å². The number of aryl methyl sites for hydroxylation is 1. The maximum atomic E-state index is 12.9. The molecule has 3 nitrogen and oxygen atoms in total. The monoisotopic (exact) mass is 262 g/mol. The molecule has 1 aliphatic rings. The van der Waals surface area contributed by atoms with E-state index in [1.54, 1.807) is 19.3 Å². The molecule has 18 heavy (non-hydrogen) atoms. The van der Waals surface area contributed by atoms with E-state index in [9.17, 15) is 18.3 Å². The Bertz CT molecular complexity index is 402. The summed E-state index contributed by atoms with van der Waals surface area (Å²) >= 11 is 0. The van der Waals surface area contributed by atoms with Gasteiger partial charge in [0.1, 0.15) is 6.10 Å². The summed E-state index contributed by atoms with van der Waals surface area (Å²) < 4.78 is 40.3. The summed E-state index contributed by atoms with van der Waals surface area (Å²) in [7, 11) is 1.68. The average Bonchev–Trinajstić information content (AvgIpc) is 2.74. The topological polar surface area (TPSA) is 38.0 Å². The molecule has 102 valence electrons. The van der Waals surface area contributed by atoms with Crippen LogP contribution >= 0.6 is 0 Å². The third-order valence-corrected chi connectivity index (χ3v) is 3.68. The molecule has 3 unspecified atom stereocenters. The first-order chi connectivity index (χ1) is 8.39. The van der Waals surface area contributed by atoms with Gasteiger partial charge in [0.25, 0.3) is 0 Å². The minimum atomic E-state index is -4.24. The summed E-state index contributed by atoms with van der Waals surface area (Å²) in [6.45, 7) is 0. The van der Waals surface area contributed by atoms with Crippen molar-refractivity contribution >= 4 is 0 Å². The Morgan fingerprint density at radius 2 is 2.06 bits per heavy atom. The molecule has 0 radical (unpaired) electrons. The quantitative estimate of drug-likeness (QED) is 0.890. The zero-order chi connectivity index (χ0) is 13.3. The van der Waals surface area contributed by atoms with Crippen molar-refractivity contribution in [2.75, 3.05) is 0 Å². The van der Waals surface area contributed by atoms with Gasteiger partial charge in [-0.15, -0.1) is 0 Å². The number of aliphatic hydroxyl groups excluding tert-OH is 1. The Morgan fingerprint density at radius 1 is 1.39 bits per heavy atom. The average molecular weight is 262 g/mol. The number of rotatable bonds is 2. The highest BCUT2D eigenvalue weighted by atomic mass is 19.4. The second-order valence-corrected chi connectivity index (χ2v) is 4.96. The lowest BCUT2D eigenvalue weighted by molar-refractivity contribution is -0.207. The van der Waals surface area contributed by atoms with Crippen LogP contribution in [0.15, 0.2) is 12.3 Å². The fourth-order valence-corrected chi connectivity index (χ4v) is 2.75. The van der Waals surface area contributed by atoms with Crippen LogP contribution in [0.4, 0.5) is 13.2 Å². The second kappa shape index (κ2) is 4.91. The first kappa shape index (κ1) is 13.4. The Balaban J connectivity index is 2.18. The van der Waals surface area contributed by atoms with E-state index < -0.39 is 24.1 Å². The molecule has 1 fully saturated rings. The van der Waals surface area contributed by atoms with Crippen LogP contribution in [0.3, 0.4) is 0 Å². The molecule has 2 rings (SSSR count). The number of aliphatic hydroxyl groups is 1. The lowest BCUT2D eigenvalue weighted by Gasteiger charge is -2.35. The first-order valence-corrected chi connectivity index (χ1v) is 6.14. The third kappa shape index (κ3) is 2.68. The Labute approximate surface area is 104 Å². The van der Waals surface area contributed by atoms with Gasteiger partial charge in [0.15, 0.2) is 0 Å². The van der Waals surface area contributed by atoms with Gasteiger partial charge in [-0.05, 0) is 18.9 Å². The SMILES string of the molecule is Cn1ccc(C(O)C2CCCCC2C(F)(F)F)n1. The Kier molecular flexibility index (Phi) is 3.66. The predicted octanol–water partition coefficient (Wildman–Crippen LogP) is 2.82. The molecular formula is C12H17F3N2O. The number of alkyl halides is 3. The molecule has 1 saturated carbocycles. The maximum Gasteiger partial charge on any atom is 0.392 e. The molecule has 0 aromatic carbocycles. The molecule has 0 spiro atoms. The van der Waals surface area contributed by atoms with Gasteiger partial charge in [-0.2, -0.15) is 18.3 Å². The molecule has 0 amide bonds. The first-order valence-electron chi connectivity index (χ1n) is 6.14. The summed E-state index contributed by atoms with van der Waals surface area (Å²) in [5, 5.41) is 14.1. The smallest absolute Gasteiger partial charge is 0.386 e. The summed E-state index contributed by atoms with van der Waals surface area (Å²) in [6, 6.07) is 1.58. The largest absolute Gasteiger partial charge is 0.392 e. The highest BCUT2D eigenvalue weighted by Gasteiger charge is 2.48. The van der Waals surface area contributed by atoms with Crippen molar-refractivity contribution in [3.8, 4) is 0 Å². The van der Waals surface area contributed by atoms with Gasteiger partial charge in [-0.1, -0.05) is 12.8 Å². The van der Waals surface area contributed by atoms with Crippen molar-refractivity contribution in [1.29, 1.82) is 0 Å². The van der Waals surface area contributed by atoms with Crippen molar-refractivity contribution < 1.29 is 18.3 Å². The zero-order valence-corrected chi connectivity index (χ0v) is 10.2. The van der Waals surface area contributed by atoms with Crippen LogP contribution in [0.25, 0.3) is 0 Å². The summed E-state index contributed by atoms with van der Waals surface area (Å²) in [5.41, 5.74) is 0.332. The molecule has 1 aliphatic carbocycles. The number of halogens is 3. The van der Waals surface area contributed by atoms with Gasteiger partial charge in [0.2, 0.25) is 0 Å². The van der Waals surface area contributed by atoms with Crippen LogP contribution in [-0.2, 0) is 7.05 Å². The second-order valence-electron chi connectivity index (χ2n) is 4.96. The van der Waals surface area contributed by atoms with Crippen LogP contribution < -0.4 is 0 Å². The van der Waals surface area contributed by atoms with Crippen molar-refractivity contribution in [3.63, 3.8) is 0 Å². The van der Waals surface area contributed by atoms with E-state index in [1.165, 1.54) is 4.68 Å². The van der Waals surface area contributed by atoms with E-state index in [4.69, 9.17) is 0 Å². The van der Waals surface area contributed by atoms with Crippen LogP contribution in [0.1, 0.15) is 37.5 Å². The molecule has 1 N–H and O–H groups in total. The van der Waals surface area contributed by atoms with E-state index in [0.717, 1.165) is 6.42 Å². The normalized spacial score (nSPS) is 27.2. The minimum absolute atomic E-state index is 0.109. The van der Waals surface area contributed by atoms with Gasteiger partial charge in [-0.25, -0.2) is 0 Å². The van der Waals surface area contributed by atoms with Gasteiger partial charge in [0.05, 0.1) is 11.6 Å². The standard InChI is InChI=1S/C12H17F3N2O/c1-17-7-6-10(16-17)11(18)8-4-2-3-5-9(8)12(13,14)15/h6-9,11,18H,2-5H2,1H3. The fourth-order valence-electron chi connectivity index (χ4n) is 2.75. The van der Waals surface area contributed by atoms with Crippen LogP contribution in [0.5, 0.6) is 0 Å². The van der Waals surface area contributed by atoms with Gasteiger partial charge < -0.3 is 5.11 Å². The van der Waals surface area contributed by atoms with Gasteiger partial charge in [-0.3, -0.25) is 4.68 Å². The maximum absolute atomic E-state index is 12.9. The summed E-state index contributed by atoms with van der Waals surface area (Å²) in [6.07, 6.45) is -1.90. The molecule has 0 bridgehead atoms.